The fourth-order valence-corrected chi connectivity index (χ4v) is 3.17. The average Bonchev–Trinajstić information content (AvgIpc) is 2.73. The van der Waals surface area contributed by atoms with Gasteiger partial charge in [0.05, 0.1) is 5.69 Å². The van der Waals surface area contributed by atoms with Gasteiger partial charge in [-0.2, -0.15) is 0 Å². The van der Waals surface area contributed by atoms with E-state index < -0.39 is 5.97 Å². The van der Waals surface area contributed by atoms with Crippen LogP contribution in [0.25, 0.3) is 11.4 Å². The molecule has 1 aliphatic carbocycles. The highest BCUT2D eigenvalue weighted by molar-refractivity contribution is 5.94. The Morgan fingerprint density at radius 2 is 2.05 bits per heavy atom. The Kier molecular flexibility index (Phi) is 3.16. The summed E-state index contributed by atoms with van der Waals surface area (Å²) < 4.78 is 0. The van der Waals surface area contributed by atoms with E-state index in [1.807, 2.05) is 6.07 Å². The summed E-state index contributed by atoms with van der Waals surface area (Å²) in [6, 6.07) is 6.21. The van der Waals surface area contributed by atoms with Gasteiger partial charge in [0.15, 0.2) is 5.82 Å². The monoisotopic (exact) mass is 297 g/mol. The lowest BCUT2D eigenvalue weighted by atomic mass is 9.86. The van der Waals surface area contributed by atoms with Gasteiger partial charge in [0.2, 0.25) is 0 Å². The molecule has 0 unspecified atom stereocenters. The van der Waals surface area contributed by atoms with Crippen LogP contribution in [-0.2, 0) is 11.8 Å². The largest absolute Gasteiger partial charge is 0.477 e. The minimum atomic E-state index is -1.10. The molecule has 5 heteroatoms. The van der Waals surface area contributed by atoms with Gasteiger partial charge >= 0.3 is 5.97 Å². The molecule has 0 fully saturated rings. The Balaban J connectivity index is 2.08. The summed E-state index contributed by atoms with van der Waals surface area (Å²) in [4.78, 5) is 19.6. The molecule has 0 spiro atoms. The molecule has 0 bridgehead atoms. The summed E-state index contributed by atoms with van der Waals surface area (Å²) in [6.45, 7) is 6.14. The van der Waals surface area contributed by atoms with Crippen LogP contribution < -0.4 is 5.73 Å². The first-order valence-electron chi connectivity index (χ1n) is 7.31. The van der Waals surface area contributed by atoms with Crippen molar-refractivity contribution in [3.05, 3.63) is 40.6 Å². The van der Waals surface area contributed by atoms with Crippen LogP contribution in [0.3, 0.4) is 0 Å². The topological polar surface area (TPSA) is 89.1 Å². The zero-order chi connectivity index (χ0) is 16.1. The Labute approximate surface area is 129 Å². The molecule has 0 saturated carbocycles. The fourth-order valence-electron chi connectivity index (χ4n) is 3.17. The number of nitrogens with zero attached hydrogens (tertiary/aromatic N) is 2. The van der Waals surface area contributed by atoms with Crippen LogP contribution in [0.15, 0.2) is 18.2 Å². The Hall–Kier alpha value is -2.43. The summed E-state index contributed by atoms with van der Waals surface area (Å²) in [5.41, 5.74) is 9.90. The van der Waals surface area contributed by atoms with E-state index in [2.05, 4.69) is 35.9 Å². The van der Waals surface area contributed by atoms with Gasteiger partial charge < -0.3 is 10.8 Å². The Morgan fingerprint density at radius 3 is 2.68 bits per heavy atom. The molecule has 1 heterocycles. The molecule has 22 heavy (non-hydrogen) atoms. The summed E-state index contributed by atoms with van der Waals surface area (Å²) in [5, 5.41) is 9.13. The second kappa shape index (κ2) is 4.80. The van der Waals surface area contributed by atoms with Crippen molar-refractivity contribution in [2.45, 2.75) is 39.0 Å². The summed E-state index contributed by atoms with van der Waals surface area (Å²) in [5.74, 6) is -0.611. The van der Waals surface area contributed by atoms with E-state index in [1.165, 1.54) is 11.1 Å². The second-order valence-corrected chi connectivity index (χ2v) is 6.45. The smallest absolute Gasteiger partial charge is 0.341 e. The summed E-state index contributed by atoms with van der Waals surface area (Å²) in [6.07, 6.45) is 2.17. The van der Waals surface area contributed by atoms with E-state index >= 15 is 0 Å². The summed E-state index contributed by atoms with van der Waals surface area (Å²) >= 11 is 0. The highest BCUT2D eigenvalue weighted by Crippen LogP contribution is 2.39. The number of anilines is 1. The van der Waals surface area contributed by atoms with Crippen LogP contribution >= 0.6 is 0 Å². The SMILES string of the molecule is Cc1nc(-c2ccc3c(c2)CCC3(C)C)nc(N)c1C(=O)O. The number of nitrogen functional groups attached to an aromatic ring is 1. The standard InChI is InChI=1S/C17H19N3O2/c1-9-13(16(21)22)14(18)20-15(19-9)11-4-5-12-10(8-11)6-7-17(12,2)3/h4-5,8H,6-7H2,1-3H3,(H,21,22)(H2,18,19,20). The van der Waals surface area contributed by atoms with Crippen LogP contribution in [0.5, 0.6) is 0 Å². The average molecular weight is 297 g/mol. The highest BCUT2D eigenvalue weighted by atomic mass is 16.4. The number of aromatic nitrogens is 2. The molecule has 0 saturated heterocycles. The van der Waals surface area contributed by atoms with Crippen molar-refractivity contribution in [3.8, 4) is 11.4 Å². The number of aryl methyl sites for hydroxylation is 2. The van der Waals surface area contributed by atoms with Gasteiger partial charge in [-0.05, 0) is 42.4 Å². The Bertz CT molecular complexity index is 758. The lowest BCUT2D eigenvalue weighted by molar-refractivity contribution is 0.0696. The van der Waals surface area contributed by atoms with Crippen molar-refractivity contribution in [3.63, 3.8) is 0 Å². The number of carbonyl (C=O) groups is 1. The number of rotatable bonds is 2. The molecule has 0 radical (unpaired) electrons. The van der Waals surface area contributed by atoms with Gasteiger partial charge in [0.1, 0.15) is 11.4 Å². The van der Waals surface area contributed by atoms with E-state index in [0.29, 0.717) is 11.5 Å². The van der Waals surface area contributed by atoms with Gasteiger partial charge in [0.25, 0.3) is 0 Å². The van der Waals surface area contributed by atoms with Gasteiger partial charge in [-0.15, -0.1) is 0 Å². The number of carboxylic acids is 1. The van der Waals surface area contributed by atoms with Crippen molar-refractivity contribution in [2.24, 2.45) is 0 Å². The number of benzene rings is 1. The van der Waals surface area contributed by atoms with Gasteiger partial charge in [0, 0.05) is 5.56 Å². The van der Waals surface area contributed by atoms with Crippen molar-refractivity contribution >= 4 is 11.8 Å². The molecule has 3 rings (SSSR count). The van der Waals surface area contributed by atoms with E-state index in [0.717, 1.165) is 18.4 Å². The molecule has 114 valence electrons. The quantitative estimate of drug-likeness (QED) is 0.889. The first-order valence-corrected chi connectivity index (χ1v) is 7.31. The van der Waals surface area contributed by atoms with Crippen LogP contribution in [0.4, 0.5) is 5.82 Å². The number of nitrogens with two attached hydrogens (primary N) is 1. The van der Waals surface area contributed by atoms with Crippen molar-refractivity contribution in [1.82, 2.24) is 9.97 Å². The van der Waals surface area contributed by atoms with Crippen LogP contribution in [0.2, 0.25) is 0 Å². The minimum absolute atomic E-state index is 0.0100. The zero-order valence-corrected chi connectivity index (χ0v) is 13.0. The van der Waals surface area contributed by atoms with Crippen molar-refractivity contribution in [1.29, 1.82) is 0 Å². The molecule has 1 aromatic heterocycles. The van der Waals surface area contributed by atoms with E-state index in [4.69, 9.17) is 10.8 Å². The minimum Gasteiger partial charge on any atom is -0.477 e. The molecule has 1 aromatic carbocycles. The molecule has 3 N–H and O–H groups in total. The van der Waals surface area contributed by atoms with Gasteiger partial charge in [-0.1, -0.05) is 26.0 Å². The van der Waals surface area contributed by atoms with Crippen LogP contribution in [-0.4, -0.2) is 21.0 Å². The number of carboxylic acid groups (broad SMARTS) is 1. The zero-order valence-electron chi connectivity index (χ0n) is 13.0. The molecular formula is C17H19N3O2. The third-order valence-corrected chi connectivity index (χ3v) is 4.44. The number of hydrogen-bond acceptors (Lipinski definition) is 4. The first-order chi connectivity index (χ1) is 10.3. The fraction of sp³-hybridized carbons (Fsp3) is 0.353. The van der Waals surface area contributed by atoms with Crippen LogP contribution in [0, 0.1) is 6.92 Å². The number of fused-ring (bicyclic) bond motifs is 1. The van der Waals surface area contributed by atoms with Crippen molar-refractivity contribution < 1.29 is 9.90 Å². The van der Waals surface area contributed by atoms with Gasteiger partial charge in [-0.25, -0.2) is 14.8 Å². The van der Waals surface area contributed by atoms with E-state index in [1.54, 1.807) is 6.92 Å². The Morgan fingerprint density at radius 1 is 1.32 bits per heavy atom. The van der Waals surface area contributed by atoms with Gasteiger partial charge in [-0.3, -0.25) is 0 Å². The maximum atomic E-state index is 11.2. The third kappa shape index (κ3) is 2.22. The van der Waals surface area contributed by atoms with Crippen LogP contribution in [0.1, 0.15) is 47.4 Å². The maximum Gasteiger partial charge on any atom is 0.341 e. The molecule has 0 aliphatic heterocycles. The molecule has 0 amide bonds. The van der Waals surface area contributed by atoms with E-state index in [-0.39, 0.29) is 16.8 Å². The molecule has 1 aliphatic rings. The third-order valence-electron chi connectivity index (χ3n) is 4.44. The lowest BCUT2D eigenvalue weighted by Crippen LogP contribution is -2.12. The predicted octanol–water partition coefficient (Wildman–Crippen LogP) is 2.96. The molecule has 0 atom stereocenters. The maximum absolute atomic E-state index is 11.2. The van der Waals surface area contributed by atoms with Crippen molar-refractivity contribution in [2.75, 3.05) is 5.73 Å². The lowest BCUT2D eigenvalue weighted by Gasteiger charge is -2.18. The molecule has 2 aromatic rings. The first kappa shape index (κ1) is 14.5. The summed E-state index contributed by atoms with van der Waals surface area (Å²) in [7, 11) is 0. The highest BCUT2D eigenvalue weighted by Gasteiger charge is 2.29. The number of hydrogen-bond donors (Lipinski definition) is 2. The molecular weight excluding hydrogens is 278 g/mol. The predicted molar refractivity (Wildman–Crippen MR) is 84.9 cm³/mol. The number of aromatic carboxylic acids is 1. The van der Waals surface area contributed by atoms with E-state index in [9.17, 15) is 4.79 Å². The normalized spacial score (nSPS) is 15.6. The second-order valence-electron chi connectivity index (χ2n) is 6.45. The molecule has 5 nitrogen and oxygen atoms in total.